The summed E-state index contributed by atoms with van der Waals surface area (Å²) in [6.07, 6.45) is 0.00658. The van der Waals surface area contributed by atoms with Crippen LogP contribution in [0.1, 0.15) is 66.5 Å². The average Bonchev–Trinajstić information content (AvgIpc) is 2.94. The second kappa shape index (κ2) is 6.34. The van der Waals surface area contributed by atoms with Gasteiger partial charge >= 0.3 is 0 Å². The molecule has 1 aromatic rings. The Labute approximate surface area is 167 Å². The zero-order valence-corrected chi connectivity index (χ0v) is 15.7. The number of carbonyl (C=O) groups is 3. The molecule has 0 aliphatic carbocycles. The molecule has 0 spiro atoms. The zero-order chi connectivity index (χ0) is 24.0. The van der Waals surface area contributed by atoms with Crippen LogP contribution in [0.25, 0.3) is 0 Å². The maximum atomic E-state index is 15.6. The van der Waals surface area contributed by atoms with Crippen LogP contribution < -0.4 is 5.32 Å². The normalized spacial score (nSPS) is 29.4. The Balaban J connectivity index is 1.74. The highest BCUT2D eigenvalue weighted by atomic mass is 19.1. The molecule has 0 radical (unpaired) electrons. The van der Waals surface area contributed by atoms with E-state index in [-0.39, 0.29) is 18.4 Å². The molecule has 28 heavy (non-hydrogen) atoms. The maximum Gasteiger partial charge on any atom is 0.258 e. The summed E-state index contributed by atoms with van der Waals surface area (Å²) >= 11 is 0. The van der Waals surface area contributed by atoms with Gasteiger partial charge in [0.15, 0.2) is 0 Å². The van der Waals surface area contributed by atoms with Gasteiger partial charge in [-0.3, -0.25) is 24.6 Å². The molecule has 8 heteroatoms. The summed E-state index contributed by atoms with van der Waals surface area (Å²) < 4.78 is 64.1. The fourth-order valence-corrected chi connectivity index (χ4v) is 3.69. The Morgan fingerprint density at radius 2 is 1.89 bits per heavy atom. The van der Waals surface area contributed by atoms with E-state index in [9.17, 15) is 14.4 Å². The first-order chi connectivity index (χ1) is 14.6. The van der Waals surface area contributed by atoms with E-state index in [0.29, 0.717) is 6.07 Å². The topological polar surface area (TPSA) is 69.7 Å². The van der Waals surface area contributed by atoms with Crippen molar-refractivity contribution >= 4 is 17.7 Å². The first-order valence-corrected chi connectivity index (χ1v) is 9.06. The number of likely N-dealkylation sites (tertiary alicyclic amines) is 1. The molecule has 1 N–H and O–H groups in total. The van der Waals surface area contributed by atoms with Crippen LogP contribution in [0.4, 0.5) is 8.78 Å². The molecular formula is C20H23F2N3O3. The van der Waals surface area contributed by atoms with Crippen LogP contribution >= 0.6 is 0 Å². The summed E-state index contributed by atoms with van der Waals surface area (Å²) in [7, 11) is 0. The van der Waals surface area contributed by atoms with Gasteiger partial charge < -0.3 is 4.90 Å². The Morgan fingerprint density at radius 1 is 1.21 bits per heavy atom. The van der Waals surface area contributed by atoms with E-state index in [1.54, 1.807) is 20.8 Å². The van der Waals surface area contributed by atoms with E-state index in [0.717, 1.165) is 9.80 Å². The van der Waals surface area contributed by atoms with E-state index in [1.165, 1.54) is 0 Å². The van der Waals surface area contributed by atoms with Crippen molar-refractivity contribution in [3.63, 3.8) is 0 Å². The number of amides is 3. The fourth-order valence-electron chi connectivity index (χ4n) is 3.69. The zero-order valence-electron chi connectivity index (χ0n) is 19.7. The molecular weight excluding hydrogens is 368 g/mol. The molecule has 1 aromatic carbocycles. The second-order valence-electron chi connectivity index (χ2n) is 8.21. The molecule has 3 heterocycles. The Bertz CT molecular complexity index is 1040. The van der Waals surface area contributed by atoms with Crippen LogP contribution in [-0.2, 0) is 16.1 Å². The van der Waals surface area contributed by atoms with Crippen molar-refractivity contribution in [1.29, 1.82) is 0 Å². The summed E-state index contributed by atoms with van der Waals surface area (Å²) in [5.74, 6) is -5.90. The predicted molar refractivity (Wildman–Crippen MR) is 96.5 cm³/mol. The lowest BCUT2D eigenvalue weighted by Crippen LogP contribution is -2.54. The molecule has 0 bridgehead atoms. The van der Waals surface area contributed by atoms with E-state index in [4.69, 9.17) is 5.48 Å². The van der Waals surface area contributed by atoms with Gasteiger partial charge in [0.05, 0.1) is 12.1 Å². The van der Waals surface area contributed by atoms with Gasteiger partial charge in [-0.2, -0.15) is 0 Å². The van der Waals surface area contributed by atoms with Crippen molar-refractivity contribution in [2.75, 3.05) is 13.0 Å². The van der Waals surface area contributed by atoms with Crippen molar-refractivity contribution < 1.29 is 28.6 Å². The summed E-state index contributed by atoms with van der Waals surface area (Å²) in [4.78, 5) is 38.3. The molecule has 0 aromatic heterocycles. The number of fused-ring (bicyclic) bond motifs is 1. The second-order valence-corrected chi connectivity index (χ2v) is 8.21. The molecule has 3 amide bonds. The number of benzene rings is 1. The average molecular weight is 395 g/mol. The minimum absolute atomic E-state index is 0.0160. The van der Waals surface area contributed by atoms with Gasteiger partial charge in [0.25, 0.3) is 5.91 Å². The highest BCUT2D eigenvalue weighted by molar-refractivity contribution is 6.05. The summed E-state index contributed by atoms with van der Waals surface area (Å²) in [6.45, 7) is -0.192. The summed E-state index contributed by atoms with van der Waals surface area (Å²) in [5.41, 5.74) is -2.30. The minimum atomic E-state index is -2.31. The van der Waals surface area contributed by atoms with Gasteiger partial charge in [-0.05, 0) is 38.8 Å². The molecule has 2 saturated heterocycles. The van der Waals surface area contributed by atoms with Crippen molar-refractivity contribution in [3.8, 4) is 0 Å². The van der Waals surface area contributed by atoms with Gasteiger partial charge in [0.2, 0.25) is 11.8 Å². The molecule has 4 rings (SSSR count). The number of carbonyl (C=O) groups excluding carboxylic acids is 3. The van der Waals surface area contributed by atoms with Gasteiger partial charge in [-0.15, -0.1) is 0 Å². The predicted octanol–water partition coefficient (Wildman–Crippen LogP) is 1.92. The van der Waals surface area contributed by atoms with E-state index >= 15 is 8.78 Å². The van der Waals surface area contributed by atoms with Crippen LogP contribution in [0.15, 0.2) is 6.07 Å². The van der Waals surface area contributed by atoms with E-state index in [1.807, 2.05) is 0 Å². The molecule has 1 atom stereocenters. The summed E-state index contributed by atoms with van der Waals surface area (Å²) in [6, 6.07) is -0.381. The van der Waals surface area contributed by atoms with Crippen LogP contribution in [-0.4, -0.2) is 52.1 Å². The molecule has 3 aliphatic rings. The Hall–Kier alpha value is -2.35. The van der Waals surface area contributed by atoms with E-state index < -0.39 is 77.5 Å². The van der Waals surface area contributed by atoms with Crippen LogP contribution in [0.2, 0.25) is 0 Å². The smallest absolute Gasteiger partial charge is 0.258 e. The highest BCUT2D eigenvalue weighted by Crippen LogP contribution is 2.39. The molecule has 150 valence electrons. The molecule has 0 saturated carbocycles. The first-order valence-electron chi connectivity index (χ1n) is 11.1. The standard InChI is InChI=1S/C20H23F2N3O3/c1-20(2,3)24-7-10(8-24)11-6-13(21)16-12(17(11)22)9-25(19(16)28)14-4-5-15(26)23-18(14)27/h6,10,14H,4-5,7-9H2,1-3H3,(H,23,26,27)/i7D2,8D2. The third-order valence-corrected chi connectivity index (χ3v) is 5.23. The number of hydrogen-bond donors (Lipinski definition) is 1. The number of piperidine rings is 1. The molecule has 6 nitrogen and oxygen atoms in total. The number of halogens is 2. The quantitative estimate of drug-likeness (QED) is 0.777. The fraction of sp³-hybridized carbons (Fsp3) is 0.550. The lowest BCUT2D eigenvalue weighted by atomic mass is 9.85. The monoisotopic (exact) mass is 395 g/mol. The lowest BCUT2D eigenvalue weighted by Gasteiger charge is -2.48. The number of nitrogens with one attached hydrogen (secondary N) is 1. The lowest BCUT2D eigenvalue weighted by molar-refractivity contribution is -0.136. The highest BCUT2D eigenvalue weighted by Gasteiger charge is 2.44. The number of rotatable bonds is 2. The minimum Gasteiger partial charge on any atom is -0.322 e. The van der Waals surface area contributed by atoms with Crippen LogP contribution in [0, 0.1) is 11.6 Å². The van der Waals surface area contributed by atoms with Crippen LogP contribution in [0.3, 0.4) is 0 Å². The van der Waals surface area contributed by atoms with Crippen molar-refractivity contribution in [3.05, 3.63) is 34.4 Å². The molecule has 2 fully saturated rings. The number of imide groups is 1. The Morgan fingerprint density at radius 3 is 2.50 bits per heavy atom. The third kappa shape index (κ3) is 2.90. The first kappa shape index (κ1) is 14.6. The number of nitrogens with zero attached hydrogens (tertiary/aromatic N) is 2. The summed E-state index contributed by atoms with van der Waals surface area (Å²) in [5, 5.41) is 2.11. The van der Waals surface area contributed by atoms with Gasteiger partial charge in [-0.25, -0.2) is 8.78 Å². The van der Waals surface area contributed by atoms with E-state index in [2.05, 4.69) is 5.32 Å². The Kier molecular flexibility index (Phi) is 3.31. The van der Waals surface area contributed by atoms with Crippen molar-refractivity contribution in [1.82, 2.24) is 15.1 Å². The van der Waals surface area contributed by atoms with Gasteiger partial charge in [-0.1, -0.05) is 0 Å². The number of hydrogen-bond acceptors (Lipinski definition) is 4. The van der Waals surface area contributed by atoms with Gasteiger partial charge in [0.1, 0.15) is 17.7 Å². The maximum absolute atomic E-state index is 15.6. The van der Waals surface area contributed by atoms with Crippen molar-refractivity contribution in [2.45, 2.75) is 57.7 Å². The van der Waals surface area contributed by atoms with Crippen molar-refractivity contribution in [2.24, 2.45) is 0 Å². The largest absolute Gasteiger partial charge is 0.322 e. The molecule has 1 unspecified atom stereocenters. The van der Waals surface area contributed by atoms with Crippen LogP contribution in [0.5, 0.6) is 0 Å². The van der Waals surface area contributed by atoms with Gasteiger partial charge in [0, 0.05) is 41.9 Å². The third-order valence-electron chi connectivity index (χ3n) is 5.23. The SMILES string of the molecule is [2H]C1([2H])C(c2cc(F)c3c(c2F)CN(C2CCC(=O)NC2=O)C3=O)C([2H])([2H])N1C(C)(C)C. The molecule has 3 aliphatic heterocycles.